The third-order valence-electron chi connectivity index (χ3n) is 4.66. The lowest BCUT2D eigenvalue weighted by atomic mass is 9.68. The molecule has 1 heterocycles. The Morgan fingerprint density at radius 2 is 1.75 bits per heavy atom. The van der Waals surface area contributed by atoms with E-state index in [0.29, 0.717) is 6.04 Å². The minimum absolute atomic E-state index is 0.155. The molecule has 0 radical (unpaired) electrons. The van der Waals surface area contributed by atoms with Gasteiger partial charge in [-0.1, -0.05) is 44.2 Å². The van der Waals surface area contributed by atoms with Crippen LogP contribution in [-0.4, -0.2) is 7.05 Å². The van der Waals surface area contributed by atoms with Crippen LogP contribution in [0.4, 0.5) is 0 Å². The van der Waals surface area contributed by atoms with E-state index in [1.165, 1.54) is 16.0 Å². The summed E-state index contributed by atoms with van der Waals surface area (Å²) >= 11 is 1.84. The largest absolute Gasteiger partial charge is 0.312 e. The van der Waals surface area contributed by atoms with Crippen molar-refractivity contribution in [3.63, 3.8) is 0 Å². The first-order chi connectivity index (χ1) is 9.69. The molecule has 108 valence electrons. The van der Waals surface area contributed by atoms with E-state index in [9.17, 15) is 0 Å². The number of thiophene rings is 1. The molecular weight excluding hydrogens is 262 g/mol. The minimum atomic E-state index is 0.155. The standard InChI is InChI=1S/C18H25NS/c1-5-18(6-2,15-10-8-7-9-11-15)17(19-4)16-12-13-20-14(16)3/h7-13,17,19H,5-6H2,1-4H3. The number of benzene rings is 1. The van der Waals surface area contributed by atoms with Crippen molar-refractivity contribution in [2.24, 2.45) is 0 Å². The molecule has 0 aliphatic carbocycles. The quantitative estimate of drug-likeness (QED) is 0.781. The predicted octanol–water partition coefficient (Wildman–Crippen LogP) is 5.08. The van der Waals surface area contributed by atoms with Gasteiger partial charge in [0.15, 0.2) is 0 Å². The van der Waals surface area contributed by atoms with Crippen molar-refractivity contribution < 1.29 is 0 Å². The van der Waals surface area contributed by atoms with Crippen LogP contribution in [0.15, 0.2) is 41.8 Å². The molecule has 1 atom stereocenters. The Bertz CT molecular complexity index is 525. The Hall–Kier alpha value is -1.12. The third-order valence-corrected chi connectivity index (χ3v) is 5.52. The van der Waals surface area contributed by atoms with Crippen LogP contribution < -0.4 is 5.32 Å². The molecule has 2 heteroatoms. The zero-order valence-corrected chi connectivity index (χ0v) is 13.8. The zero-order valence-electron chi connectivity index (χ0n) is 12.9. The van der Waals surface area contributed by atoms with Crippen molar-refractivity contribution in [3.05, 3.63) is 57.8 Å². The van der Waals surface area contributed by atoms with Gasteiger partial charge >= 0.3 is 0 Å². The van der Waals surface area contributed by atoms with Gasteiger partial charge in [0, 0.05) is 16.3 Å². The van der Waals surface area contributed by atoms with Crippen LogP contribution in [0.2, 0.25) is 0 Å². The van der Waals surface area contributed by atoms with Gasteiger partial charge in [0.05, 0.1) is 0 Å². The number of nitrogens with one attached hydrogen (secondary N) is 1. The summed E-state index contributed by atoms with van der Waals surface area (Å²) in [5.41, 5.74) is 3.04. The highest BCUT2D eigenvalue weighted by atomic mass is 32.1. The molecule has 0 fully saturated rings. The van der Waals surface area contributed by atoms with Crippen molar-refractivity contribution in [2.45, 2.75) is 45.1 Å². The van der Waals surface area contributed by atoms with Crippen LogP contribution in [0, 0.1) is 6.92 Å². The second kappa shape index (κ2) is 6.55. The SMILES string of the molecule is CCC(CC)(c1ccccc1)C(NC)c1ccsc1C. The van der Waals surface area contributed by atoms with E-state index >= 15 is 0 Å². The van der Waals surface area contributed by atoms with Crippen LogP contribution in [0.3, 0.4) is 0 Å². The average molecular weight is 287 g/mol. The van der Waals surface area contributed by atoms with E-state index in [4.69, 9.17) is 0 Å². The van der Waals surface area contributed by atoms with E-state index in [1.54, 1.807) is 0 Å². The predicted molar refractivity (Wildman–Crippen MR) is 89.6 cm³/mol. The first kappa shape index (κ1) is 15.3. The first-order valence-corrected chi connectivity index (χ1v) is 8.34. The Labute approximate surface area is 127 Å². The van der Waals surface area contributed by atoms with Gasteiger partial charge in [0.2, 0.25) is 0 Å². The normalized spacial score (nSPS) is 13.4. The number of rotatable bonds is 6. The van der Waals surface area contributed by atoms with Crippen LogP contribution in [-0.2, 0) is 5.41 Å². The third kappa shape index (κ3) is 2.55. The van der Waals surface area contributed by atoms with Crippen LogP contribution in [0.5, 0.6) is 0 Å². The fraction of sp³-hybridized carbons (Fsp3) is 0.444. The van der Waals surface area contributed by atoms with Crippen molar-refractivity contribution in [1.29, 1.82) is 0 Å². The van der Waals surface area contributed by atoms with E-state index in [0.717, 1.165) is 12.8 Å². The summed E-state index contributed by atoms with van der Waals surface area (Å²) in [5, 5.41) is 5.80. The fourth-order valence-electron chi connectivity index (χ4n) is 3.43. The van der Waals surface area contributed by atoms with Gasteiger partial charge in [-0.2, -0.15) is 0 Å². The molecule has 1 aromatic heterocycles. The summed E-state index contributed by atoms with van der Waals surface area (Å²) in [4.78, 5) is 1.42. The molecule has 1 unspecified atom stereocenters. The molecule has 2 aromatic rings. The Morgan fingerprint density at radius 3 is 2.20 bits per heavy atom. The summed E-state index contributed by atoms with van der Waals surface area (Å²) < 4.78 is 0. The van der Waals surface area contributed by atoms with Crippen LogP contribution in [0.25, 0.3) is 0 Å². The summed E-state index contributed by atoms with van der Waals surface area (Å²) in [6, 6.07) is 13.6. The summed E-state index contributed by atoms with van der Waals surface area (Å²) in [6.45, 7) is 6.84. The molecular formula is C18H25NS. The zero-order chi connectivity index (χ0) is 14.6. The van der Waals surface area contributed by atoms with Crippen LogP contribution in [0.1, 0.15) is 48.7 Å². The highest BCUT2D eigenvalue weighted by Crippen LogP contribution is 2.44. The number of hydrogen-bond donors (Lipinski definition) is 1. The molecule has 0 aliphatic heterocycles. The average Bonchev–Trinajstić information content (AvgIpc) is 2.91. The number of hydrogen-bond acceptors (Lipinski definition) is 2. The van der Waals surface area contributed by atoms with Crippen molar-refractivity contribution >= 4 is 11.3 Å². The van der Waals surface area contributed by atoms with E-state index < -0.39 is 0 Å². The molecule has 0 aliphatic rings. The molecule has 0 amide bonds. The monoisotopic (exact) mass is 287 g/mol. The smallest absolute Gasteiger partial charge is 0.0426 e. The van der Waals surface area contributed by atoms with E-state index in [-0.39, 0.29) is 5.41 Å². The molecule has 0 spiro atoms. The fourth-order valence-corrected chi connectivity index (χ4v) is 4.17. The lowest BCUT2D eigenvalue weighted by molar-refractivity contribution is 0.287. The highest BCUT2D eigenvalue weighted by Gasteiger charge is 2.38. The Morgan fingerprint density at radius 1 is 1.10 bits per heavy atom. The topological polar surface area (TPSA) is 12.0 Å². The summed E-state index contributed by atoms with van der Waals surface area (Å²) in [7, 11) is 2.09. The maximum atomic E-state index is 3.59. The van der Waals surface area contributed by atoms with Gasteiger partial charge in [0.1, 0.15) is 0 Å². The lowest BCUT2D eigenvalue weighted by Crippen LogP contribution is -2.39. The molecule has 1 nitrogen and oxygen atoms in total. The van der Waals surface area contributed by atoms with E-state index in [1.807, 2.05) is 11.3 Å². The van der Waals surface area contributed by atoms with Gasteiger partial charge < -0.3 is 5.32 Å². The second-order valence-corrected chi connectivity index (χ2v) is 6.50. The van der Waals surface area contributed by atoms with Crippen molar-refractivity contribution in [1.82, 2.24) is 5.32 Å². The molecule has 0 bridgehead atoms. The van der Waals surface area contributed by atoms with E-state index in [2.05, 4.69) is 74.9 Å². The Balaban J connectivity index is 2.54. The molecule has 1 N–H and O–H groups in total. The van der Waals surface area contributed by atoms with Gasteiger partial charge in [-0.15, -0.1) is 11.3 Å². The summed E-state index contributed by atoms with van der Waals surface area (Å²) in [6.07, 6.45) is 2.27. The number of aryl methyl sites for hydroxylation is 1. The second-order valence-electron chi connectivity index (χ2n) is 5.38. The molecule has 0 saturated carbocycles. The van der Waals surface area contributed by atoms with Crippen molar-refractivity contribution in [3.8, 4) is 0 Å². The van der Waals surface area contributed by atoms with Gasteiger partial charge in [-0.3, -0.25) is 0 Å². The van der Waals surface area contributed by atoms with Gasteiger partial charge in [0.25, 0.3) is 0 Å². The summed E-state index contributed by atoms with van der Waals surface area (Å²) in [5.74, 6) is 0. The van der Waals surface area contributed by atoms with Gasteiger partial charge in [-0.25, -0.2) is 0 Å². The molecule has 1 aromatic carbocycles. The maximum absolute atomic E-state index is 3.59. The lowest BCUT2D eigenvalue weighted by Gasteiger charge is -2.40. The van der Waals surface area contributed by atoms with Crippen LogP contribution >= 0.6 is 11.3 Å². The minimum Gasteiger partial charge on any atom is -0.312 e. The molecule has 0 saturated heterocycles. The van der Waals surface area contributed by atoms with Crippen molar-refractivity contribution in [2.75, 3.05) is 7.05 Å². The first-order valence-electron chi connectivity index (χ1n) is 7.46. The highest BCUT2D eigenvalue weighted by molar-refractivity contribution is 7.10. The number of likely N-dealkylation sites (N-methyl/N-ethyl adjacent to an activating group) is 1. The molecule has 20 heavy (non-hydrogen) atoms. The Kier molecular flexibility index (Phi) is 5.00. The van der Waals surface area contributed by atoms with Gasteiger partial charge in [-0.05, 0) is 49.4 Å². The maximum Gasteiger partial charge on any atom is 0.0426 e. The molecule has 2 rings (SSSR count).